The van der Waals surface area contributed by atoms with Gasteiger partial charge in [0.1, 0.15) is 0 Å². The summed E-state index contributed by atoms with van der Waals surface area (Å²) in [5.74, 6) is -0.876. The number of imidazole rings is 1. The smallest absolute Gasteiger partial charge is 0.374 e. The Hall–Kier alpha value is -1.36. The van der Waals surface area contributed by atoms with Gasteiger partial charge in [-0.05, 0) is 6.92 Å². The van der Waals surface area contributed by atoms with E-state index in [1.54, 1.807) is 0 Å². The first kappa shape index (κ1) is 10.7. The van der Waals surface area contributed by atoms with Crippen molar-refractivity contribution in [3.05, 3.63) is 18.2 Å². The fourth-order valence-corrected chi connectivity index (χ4v) is 1.10. The Morgan fingerprint density at radius 3 is 2.79 bits per heavy atom. The summed E-state index contributed by atoms with van der Waals surface area (Å²) in [7, 11) is 1.23. The number of nitrogens with zero attached hydrogens (tertiary/aromatic N) is 2. The van der Waals surface area contributed by atoms with Crippen LogP contribution in [-0.4, -0.2) is 28.4 Å². The van der Waals surface area contributed by atoms with E-state index < -0.39 is 11.5 Å². The van der Waals surface area contributed by atoms with E-state index in [9.17, 15) is 9.59 Å². The third-order valence-electron chi connectivity index (χ3n) is 1.62. The lowest BCUT2D eigenvalue weighted by atomic mass is 10.4. The molecule has 5 nitrogen and oxygen atoms in total. The van der Waals surface area contributed by atoms with Crippen LogP contribution in [0.4, 0.5) is 0 Å². The lowest BCUT2D eigenvalue weighted by Crippen LogP contribution is -2.17. The molecule has 0 bridgehead atoms. The van der Waals surface area contributed by atoms with Gasteiger partial charge in [-0.3, -0.25) is 4.79 Å². The fourth-order valence-electron chi connectivity index (χ4n) is 0.941. The Kier molecular flexibility index (Phi) is 3.24. The number of Topliss-reactive ketones (excluding diaryl/α,β-unsaturated/α-hetero) is 1. The maximum Gasteiger partial charge on any atom is 0.374 e. The van der Waals surface area contributed by atoms with Crippen molar-refractivity contribution in [1.82, 2.24) is 9.55 Å². The van der Waals surface area contributed by atoms with Gasteiger partial charge >= 0.3 is 5.97 Å². The van der Waals surface area contributed by atoms with Gasteiger partial charge in [0.05, 0.1) is 7.11 Å². The molecule has 0 radical (unpaired) electrons. The van der Waals surface area contributed by atoms with E-state index in [0.717, 1.165) is 0 Å². The number of hydrogen-bond acceptors (Lipinski definition) is 4. The van der Waals surface area contributed by atoms with Crippen LogP contribution < -0.4 is 0 Å². The SMILES string of the molecule is COC(=O)c1nccn1C(Cl)C(C)=O. The van der Waals surface area contributed by atoms with Gasteiger partial charge in [-0.1, -0.05) is 11.6 Å². The Morgan fingerprint density at radius 2 is 2.29 bits per heavy atom. The molecule has 0 amide bonds. The van der Waals surface area contributed by atoms with E-state index in [4.69, 9.17) is 11.6 Å². The largest absolute Gasteiger partial charge is 0.463 e. The van der Waals surface area contributed by atoms with Crippen LogP contribution in [0.3, 0.4) is 0 Å². The van der Waals surface area contributed by atoms with Gasteiger partial charge in [-0.2, -0.15) is 0 Å². The maximum absolute atomic E-state index is 11.1. The van der Waals surface area contributed by atoms with Crippen LogP contribution in [0, 0.1) is 0 Å². The Labute approximate surface area is 85.6 Å². The predicted molar refractivity (Wildman–Crippen MR) is 49.1 cm³/mol. The van der Waals surface area contributed by atoms with Crippen LogP contribution >= 0.6 is 11.6 Å². The van der Waals surface area contributed by atoms with Crippen LogP contribution in [0.25, 0.3) is 0 Å². The molecule has 0 aliphatic heterocycles. The molecule has 1 heterocycles. The van der Waals surface area contributed by atoms with Crippen molar-refractivity contribution in [2.45, 2.75) is 12.4 Å². The molecule has 14 heavy (non-hydrogen) atoms. The minimum absolute atomic E-state index is 0.0164. The van der Waals surface area contributed by atoms with Crippen LogP contribution in [0.5, 0.6) is 0 Å². The first-order chi connectivity index (χ1) is 6.57. The Morgan fingerprint density at radius 1 is 1.64 bits per heavy atom. The highest BCUT2D eigenvalue weighted by Gasteiger charge is 2.20. The first-order valence-electron chi connectivity index (χ1n) is 3.83. The zero-order valence-electron chi connectivity index (χ0n) is 7.73. The highest BCUT2D eigenvalue weighted by atomic mass is 35.5. The van der Waals surface area contributed by atoms with E-state index in [0.29, 0.717) is 0 Å². The maximum atomic E-state index is 11.1. The minimum atomic E-state index is -0.924. The van der Waals surface area contributed by atoms with Gasteiger partial charge in [0.25, 0.3) is 0 Å². The molecule has 0 aliphatic carbocycles. The fraction of sp³-hybridized carbons (Fsp3) is 0.375. The lowest BCUT2D eigenvalue weighted by Gasteiger charge is -2.09. The molecule has 1 atom stereocenters. The van der Waals surface area contributed by atoms with E-state index in [2.05, 4.69) is 9.72 Å². The molecule has 0 aliphatic rings. The van der Waals surface area contributed by atoms with Crippen LogP contribution in [0.1, 0.15) is 23.0 Å². The molecule has 1 aromatic heterocycles. The second-order valence-corrected chi connectivity index (χ2v) is 3.01. The van der Waals surface area contributed by atoms with Crippen molar-refractivity contribution >= 4 is 23.4 Å². The predicted octanol–water partition coefficient (Wildman–Crippen LogP) is 0.996. The van der Waals surface area contributed by atoms with E-state index in [1.807, 2.05) is 0 Å². The standard InChI is InChI=1S/C8H9ClN2O3/c1-5(12)6(9)11-4-3-10-7(11)8(13)14-2/h3-4,6H,1-2H3. The number of ether oxygens (including phenoxy) is 1. The summed E-state index contributed by atoms with van der Waals surface area (Å²) < 4.78 is 5.73. The average molecular weight is 217 g/mol. The van der Waals surface area contributed by atoms with Gasteiger partial charge in [-0.15, -0.1) is 0 Å². The number of methoxy groups -OCH3 is 1. The topological polar surface area (TPSA) is 61.2 Å². The van der Waals surface area contributed by atoms with Crippen molar-refractivity contribution in [3.63, 3.8) is 0 Å². The van der Waals surface area contributed by atoms with E-state index in [1.165, 1.54) is 31.0 Å². The number of rotatable bonds is 3. The third-order valence-corrected chi connectivity index (χ3v) is 2.13. The molecule has 0 spiro atoms. The number of carbonyl (C=O) groups excluding carboxylic acids is 2. The minimum Gasteiger partial charge on any atom is -0.463 e. The summed E-state index contributed by atoms with van der Waals surface area (Å²) in [6.07, 6.45) is 2.83. The van der Waals surface area contributed by atoms with Gasteiger partial charge in [0.15, 0.2) is 11.3 Å². The summed E-state index contributed by atoms with van der Waals surface area (Å²) in [4.78, 5) is 25.9. The van der Waals surface area contributed by atoms with Gasteiger partial charge in [0, 0.05) is 12.4 Å². The van der Waals surface area contributed by atoms with E-state index in [-0.39, 0.29) is 11.6 Å². The van der Waals surface area contributed by atoms with Crippen molar-refractivity contribution in [2.24, 2.45) is 0 Å². The Balaban J connectivity index is 3.04. The number of alkyl halides is 1. The Bertz CT molecular complexity index is 361. The van der Waals surface area contributed by atoms with Gasteiger partial charge in [0.2, 0.25) is 5.82 Å². The number of ketones is 1. The van der Waals surface area contributed by atoms with Crippen LogP contribution in [0.15, 0.2) is 12.4 Å². The monoisotopic (exact) mass is 216 g/mol. The zero-order valence-corrected chi connectivity index (χ0v) is 8.49. The molecule has 0 saturated heterocycles. The number of aromatic nitrogens is 2. The van der Waals surface area contributed by atoms with Crippen LogP contribution in [0.2, 0.25) is 0 Å². The molecule has 0 fully saturated rings. The third kappa shape index (κ3) is 1.93. The average Bonchev–Trinajstić information content (AvgIpc) is 2.63. The summed E-state index contributed by atoms with van der Waals surface area (Å²) >= 11 is 5.75. The second kappa shape index (κ2) is 4.23. The number of carbonyl (C=O) groups is 2. The number of hydrogen-bond donors (Lipinski definition) is 0. The van der Waals surface area contributed by atoms with Gasteiger partial charge < -0.3 is 9.30 Å². The van der Waals surface area contributed by atoms with Crippen LogP contribution in [-0.2, 0) is 9.53 Å². The number of esters is 1. The lowest BCUT2D eigenvalue weighted by molar-refractivity contribution is -0.118. The molecule has 76 valence electrons. The highest BCUT2D eigenvalue weighted by Crippen LogP contribution is 2.15. The van der Waals surface area contributed by atoms with Crippen molar-refractivity contribution in [1.29, 1.82) is 0 Å². The quantitative estimate of drug-likeness (QED) is 0.559. The summed E-state index contributed by atoms with van der Waals surface area (Å²) in [6, 6.07) is 0. The molecule has 1 rings (SSSR count). The second-order valence-electron chi connectivity index (χ2n) is 2.60. The molecule has 0 aromatic carbocycles. The molecule has 1 unspecified atom stereocenters. The summed E-state index contributed by atoms with van der Waals surface area (Å²) in [5, 5.41) is 0. The van der Waals surface area contributed by atoms with Gasteiger partial charge in [-0.25, -0.2) is 9.78 Å². The molecule has 6 heteroatoms. The molecule has 0 N–H and O–H groups in total. The van der Waals surface area contributed by atoms with Crippen molar-refractivity contribution in [2.75, 3.05) is 7.11 Å². The summed E-state index contributed by atoms with van der Waals surface area (Å²) in [5.41, 5.74) is -0.924. The highest BCUT2D eigenvalue weighted by molar-refractivity contribution is 6.28. The van der Waals surface area contributed by atoms with E-state index >= 15 is 0 Å². The molecule has 1 aromatic rings. The first-order valence-corrected chi connectivity index (χ1v) is 4.27. The summed E-state index contributed by atoms with van der Waals surface area (Å²) in [6.45, 7) is 1.33. The zero-order chi connectivity index (χ0) is 10.7. The number of halogens is 1. The van der Waals surface area contributed by atoms with Crippen molar-refractivity contribution < 1.29 is 14.3 Å². The molecular weight excluding hydrogens is 208 g/mol. The molecule has 0 saturated carbocycles. The van der Waals surface area contributed by atoms with Crippen molar-refractivity contribution in [3.8, 4) is 0 Å². The normalized spacial score (nSPS) is 12.2. The molecular formula is C8H9ClN2O3.